The van der Waals surface area contributed by atoms with Crippen LogP contribution in [0.3, 0.4) is 0 Å². The number of nitrogens with zero attached hydrogens (tertiary/aromatic N) is 1. The van der Waals surface area contributed by atoms with Crippen molar-refractivity contribution in [1.29, 1.82) is 0 Å². The highest BCUT2D eigenvalue weighted by Crippen LogP contribution is 2.21. The van der Waals surface area contributed by atoms with E-state index in [1.807, 2.05) is 0 Å². The minimum absolute atomic E-state index is 0. The fraction of sp³-hybridized carbons (Fsp3) is 1.00. The Morgan fingerprint density at radius 3 is 0.333 bits per heavy atom. The zero-order chi connectivity index (χ0) is 49.0. The molecule has 0 atom stereocenters. The van der Waals surface area contributed by atoms with E-state index < -0.39 is 0 Å². The van der Waals surface area contributed by atoms with Crippen molar-refractivity contribution >= 4 is 0 Å². The van der Waals surface area contributed by atoms with Crippen molar-refractivity contribution in [2.75, 3.05) is 26.7 Å². The Kier molecular flexibility index (Phi) is 66.5. The van der Waals surface area contributed by atoms with Crippen LogP contribution in [-0.4, -0.2) is 31.2 Å². The highest BCUT2D eigenvalue weighted by atomic mass is 35.5. The van der Waals surface area contributed by atoms with Gasteiger partial charge in [0.05, 0.1) is 26.7 Å². The molecule has 69 heavy (non-hydrogen) atoms. The first kappa shape index (κ1) is 71.3. The van der Waals surface area contributed by atoms with Crippen LogP contribution in [0, 0.1) is 0 Å². The van der Waals surface area contributed by atoms with Gasteiger partial charge in [-0.25, -0.2) is 0 Å². The second kappa shape index (κ2) is 64.4. The maximum Gasteiger partial charge on any atom is 0.0784 e. The summed E-state index contributed by atoms with van der Waals surface area (Å²) >= 11 is 0. The third-order valence-corrected chi connectivity index (χ3v) is 16.7. The van der Waals surface area contributed by atoms with Crippen LogP contribution in [-0.2, 0) is 0 Å². The smallest absolute Gasteiger partial charge is 0.0784 e. The van der Waals surface area contributed by atoms with Crippen LogP contribution >= 0.6 is 0 Å². The molecule has 1 nitrogen and oxygen atoms in total. The molecule has 0 aliphatic heterocycles. The minimum Gasteiger partial charge on any atom is -1.00 e. The largest absolute Gasteiger partial charge is 1.00 e. The molecule has 0 spiro atoms. The highest BCUT2D eigenvalue weighted by Gasteiger charge is 2.20. The van der Waals surface area contributed by atoms with Crippen molar-refractivity contribution in [2.24, 2.45) is 0 Å². The first-order chi connectivity index (χ1) is 33.7. The predicted octanol–water partition coefficient (Wildman–Crippen LogP) is 21.9. The molecule has 2 heteroatoms. The van der Waals surface area contributed by atoms with Crippen molar-refractivity contribution in [3.63, 3.8) is 0 Å². The zero-order valence-corrected chi connectivity index (χ0v) is 50.1. The fourth-order valence-corrected chi connectivity index (χ4v) is 11.6. The summed E-state index contributed by atoms with van der Waals surface area (Å²) in [7, 11) is 2.65. The van der Waals surface area contributed by atoms with Gasteiger partial charge in [-0.1, -0.05) is 367 Å². The third kappa shape index (κ3) is 62.5. The summed E-state index contributed by atoms with van der Waals surface area (Å²) in [5.41, 5.74) is 0. The average molecular weight is 993 g/mol. The van der Waals surface area contributed by atoms with Gasteiger partial charge < -0.3 is 16.9 Å². The van der Waals surface area contributed by atoms with Crippen LogP contribution in [0.25, 0.3) is 0 Å². The van der Waals surface area contributed by atoms with Gasteiger partial charge >= 0.3 is 0 Å². The van der Waals surface area contributed by atoms with Gasteiger partial charge in [0.25, 0.3) is 0 Å². The third-order valence-electron chi connectivity index (χ3n) is 16.7. The Balaban J connectivity index is 0. The van der Waals surface area contributed by atoms with Crippen molar-refractivity contribution in [1.82, 2.24) is 0 Å². The van der Waals surface area contributed by atoms with Gasteiger partial charge in [-0.3, -0.25) is 0 Å². The topological polar surface area (TPSA) is 0 Å². The summed E-state index contributed by atoms with van der Waals surface area (Å²) in [6, 6.07) is 0. The maximum absolute atomic E-state index is 2.65. The number of halogens is 1. The summed E-state index contributed by atoms with van der Waals surface area (Å²) in [4.78, 5) is 0. The SMILES string of the molecule is CCCCCCCCCCCCCCCCCCCCCC[N+](C)(CCCCCCCCCCCCCCCCCCCCCC)CCCCCCCCCCCCCCCCCCCCCC.[Cl-]. The molecule has 0 aliphatic rings. The van der Waals surface area contributed by atoms with E-state index in [4.69, 9.17) is 0 Å². The van der Waals surface area contributed by atoms with Gasteiger partial charge in [0.1, 0.15) is 0 Å². The molecule has 0 aliphatic carbocycles. The zero-order valence-electron chi connectivity index (χ0n) is 49.4. The fourth-order valence-electron chi connectivity index (χ4n) is 11.6. The van der Waals surface area contributed by atoms with Crippen LogP contribution in [0.15, 0.2) is 0 Å². The second-order valence-corrected chi connectivity index (χ2v) is 23.9. The molecule has 0 aromatic carbocycles. The molecular formula is C67H138ClN. The summed E-state index contributed by atoms with van der Waals surface area (Å²) in [6.07, 6.45) is 88.7. The lowest BCUT2D eigenvalue weighted by Crippen LogP contribution is -3.00. The van der Waals surface area contributed by atoms with Crippen molar-refractivity contribution in [3.05, 3.63) is 0 Å². The summed E-state index contributed by atoms with van der Waals surface area (Å²) in [5, 5.41) is 0. The number of hydrogen-bond acceptors (Lipinski definition) is 0. The van der Waals surface area contributed by atoms with E-state index in [0.29, 0.717) is 0 Å². The quantitative estimate of drug-likeness (QED) is 0.0421. The Morgan fingerprint density at radius 1 is 0.145 bits per heavy atom. The van der Waals surface area contributed by atoms with E-state index in [1.165, 1.54) is 409 Å². The standard InChI is InChI=1S/C67H138N.ClH/c1-5-8-11-14-17-20-23-26-29-32-35-38-41-44-47-50-53-56-59-62-65-68(4,66-63-60-57-54-51-48-45-42-39-36-33-30-27-24-21-18-15-12-9-6-2)67-64-61-58-55-52-49-46-43-40-37-34-31-28-25-22-19-16-13-10-7-3;/h5-67H2,1-4H3;1H/q+1;/p-1. The number of unbranched alkanes of at least 4 members (excludes halogenated alkanes) is 57. The van der Waals surface area contributed by atoms with Crippen LogP contribution < -0.4 is 12.4 Å². The molecule has 0 saturated carbocycles. The molecule has 0 unspecified atom stereocenters. The first-order valence-electron chi connectivity index (χ1n) is 33.5. The number of rotatable bonds is 63. The van der Waals surface area contributed by atoms with Gasteiger partial charge in [-0.2, -0.15) is 0 Å². The number of quaternary nitrogens is 1. The monoisotopic (exact) mass is 992 g/mol. The summed E-state index contributed by atoms with van der Waals surface area (Å²) < 4.78 is 1.37. The van der Waals surface area contributed by atoms with Crippen molar-refractivity contribution in [3.8, 4) is 0 Å². The summed E-state index contributed by atoms with van der Waals surface area (Å²) in [5.74, 6) is 0. The van der Waals surface area contributed by atoms with Crippen LogP contribution in [0.1, 0.15) is 406 Å². The van der Waals surface area contributed by atoms with Crippen LogP contribution in [0.4, 0.5) is 0 Å². The molecule has 0 rings (SSSR count). The highest BCUT2D eigenvalue weighted by molar-refractivity contribution is 4.56. The number of hydrogen-bond donors (Lipinski definition) is 0. The van der Waals surface area contributed by atoms with Gasteiger partial charge in [-0.05, 0) is 38.5 Å². The molecule has 0 amide bonds. The molecule has 0 saturated heterocycles. The van der Waals surface area contributed by atoms with E-state index in [0.717, 1.165) is 0 Å². The van der Waals surface area contributed by atoms with E-state index >= 15 is 0 Å². The van der Waals surface area contributed by atoms with Gasteiger partial charge in [0.2, 0.25) is 0 Å². The van der Waals surface area contributed by atoms with E-state index in [-0.39, 0.29) is 12.4 Å². The predicted molar refractivity (Wildman–Crippen MR) is 315 cm³/mol. The Bertz CT molecular complexity index is 749. The molecule has 0 radical (unpaired) electrons. The minimum atomic E-state index is 0. The molecule has 0 fully saturated rings. The lowest BCUT2D eigenvalue weighted by Gasteiger charge is -2.35. The van der Waals surface area contributed by atoms with Crippen LogP contribution in [0.5, 0.6) is 0 Å². The van der Waals surface area contributed by atoms with Crippen molar-refractivity contribution < 1.29 is 16.9 Å². The first-order valence-corrected chi connectivity index (χ1v) is 33.5. The van der Waals surface area contributed by atoms with E-state index in [2.05, 4.69) is 27.8 Å². The lowest BCUT2D eigenvalue weighted by molar-refractivity contribution is -0.910. The molecule has 0 N–H and O–H groups in total. The molecule has 0 aromatic rings. The van der Waals surface area contributed by atoms with Crippen LogP contribution in [0.2, 0.25) is 0 Å². The van der Waals surface area contributed by atoms with E-state index in [9.17, 15) is 0 Å². The molecular weight excluding hydrogens is 854 g/mol. The van der Waals surface area contributed by atoms with Crippen molar-refractivity contribution in [2.45, 2.75) is 406 Å². The van der Waals surface area contributed by atoms with E-state index in [1.54, 1.807) is 0 Å². The maximum atomic E-state index is 2.65. The summed E-state index contributed by atoms with van der Waals surface area (Å²) in [6.45, 7) is 11.3. The van der Waals surface area contributed by atoms with Gasteiger partial charge in [0, 0.05) is 0 Å². The van der Waals surface area contributed by atoms with Gasteiger partial charge in [0.15, 0.2) is 0 Å². The molecule has 418 valence electrons. The molecule has 0 aromatic heterocycles. The second-order valence-electron chi connectivity index (χ2n) is 23.9. The Hall–Kier alpha value is 0.250. The molecule has 0 bridgehead atoms. The lowest BCUT2D eigenvalue weighted by atomic mass is 10.0. The normalized spacial score (nSPS) is 11.8. The Labute approximate surface area is 447 Å². The Morgan fingerprint density at radius 2 is 0.232 bits per heavy atom. The average Bonchev–Trinajstić information content (AvgIpc) is 3.34. The molecule has 0 heterocycles. The van der Waals surface area contributed by atoms with Gasteiger partial charge in [-0.15, -0.1) is 0 Å².